The number of carbonyl (C=O) groups excluding carboxylic acids is 1. The lowest BCUT2D eigenvalue weighted by molar-refractivity contribution is -0.124. The van der Waals surface area contributed by atoms with Crippen LogP contribution in [0.15, 0.2) is 66.7 Å². The van der Waals surface area contributed by atoms with Gasteiger partial charge in [-0.15, -0.1) is 0 Å². The molecule has 5 nitrogen and oxygen atoms in total. The molecule has 0 heterocycles. The molecule has 184 valence electrons. The van der Waals surface area contributed by atoms with Crippen LogP contribution in [0.25, 0.3) is 11.1 Å². The molecule has 3 N–H and O–H groups in total. The van der Waals surface area contributed by atoms with E-state index in [1.165, 1.54) is 12.5 Å². The summed E-state index contributed by atoms with van der Waals surface area (Å²) in [7, 11) is 0. The average Bonchev–Trinajstić information content (AvgIpc) is 2.86. The van der Waals surface area contributed by atoms with Crippen LogP contribution in [0.4, 0.5) is 15.8 Å². The first kappa shape index (κ1) is 25.9. The summed E-state index contributed by atoms with van der Waals surface area (Å²) < 4.78 is 14.4. The van der Waals surface area contributed by atoms with Crippen molar-refractivity contribution in [3.8, 4) is 11.1 Å². The molecule has 0 aromatic heterocycles. The number of carboxylic acids is 1. The predicted molar refractivity (Wildman–Crippen MR) is 138 cm³/mol. The Labute approximate surface area is 206 Å². The van der Waals surface area contributed by atoms with Crippen molar-refractivity contribution in [1.29, 1.82) is 0 Å². The van der Waals surface area contributed by atoms with Gasteiger partial charge in [0.2, 0.25) is 5.91 Å². The van der Waals surface area contributed by atoms with Crippen molar-refractivity contribution in [3.05, 3.63) is 83.7 Å². The Balaban J connectivity index is 1.64. The van der Waals surface area contributed by atoms with Crippen molar-refractivity contribution in [2.45, 2.75) is 52.5 Å². The summed E-state index contributed by atoms with van der Waals surface area (Å²) in [6.45, 7) is 4.22. The minimum atomic E-state index is -0.999. The van der Waals surface area contributed by atoms with Crippen LogP contribution in [-0.4, -0.2) is 17.0 Å². The molecular weight excluding hydrogens is 443 g/mol. The summed E-state index contributed by atoms with van der Waals surface area (Å²) >= 11 is 0. The van der Waals surface area contributed by atoms with E-state index in [1.54, 1.807) is 36.4 Å². The Morgan fingerprint density at radius 1 is 0.943 bits per heavy atom. The molecule has 0 spiro atoms. The van der Waals surface area contributed by atoms with Crippen LogP contribution < -0.4 is 10.6 Å². The van der Waals surface area contributed by atoms with Gasteiger partial charge < -0.3 is 15.7 Å². The Morgan fingerprint density at radius 2 is 1.66 bits per heavy atom. The zero-order valence-corrected chi connectivity index (χ0v) is 20.3. The molecule has 0 radical (unpaired) electrons. The molecule has 0 aliphatic carbocycles. The molecule has 1 unspecified atom stereocenters. The lowest BCUT2D eigenvalue weighted by Crippen LogP contribution is -2.29. The van der Waals surface area contributed by atoms with E-state index in [1.807, 2.05) is 31.2 Å². The van der Waals surface area contributed by atoms with E-state index in [0.29, 0.717) is 11.3 Å². The third-order valence-corrected chi connectivity index (χ3v) is 6.09. The van der Waals surface area contributed by atoms with Gasteiger partial charge in [0.15, 0.2) is 0 Å². The lowest BCUT2D eigenvalue weighted by Gasteiger charge is -2.14. The minimum Gasteiger partial charge on any atom is -0.478 e. The molecule has 0 bridgehead atoms. The number of halogens is 1. The van der Waals surface area contributed by atoms with E-state index in [4.69, 9.17) is 0 Å². The summed E-state index contributed by atoms with van der Waals surface area (Å²) in [4.78, 5) is 23.8. The van der Waals surface area contributed by atoms with E-state index in [9.17, 15) is 19.1 Å². The molecule has 0 aliphatic rings. The fourth-order valence-corrected chi connectivity index (χ4v) is 3.93. The van der Waals surface area contributed by atoms with Crippen LogP contribution in [0, 0.1) is 11.7 Å². The summed E-state index contributed by atoms with van der Waals surface area (Å²) in [6.07, 6.45) is 5.34. The number of unbranched alkanes of at least 4 members (excludes halogenated alkanes) is 3. The van der Waals surface area contributed by atoms with Gasteiger partial charge in [-0.05, 0) is 53.9 Å². The highest BCUT2D eigenvalue weighted by Gasteiger charge is 2.14. The number of hydrogen-bond donors (Lipinski definition) is 3. The highest BCUT2D eigenvalue weighted by atomic mass is 19.1. The molecule has 0 saturated carbocycles. The lowest BCUT2D eigenvalue weighted by atomic mass is 10.0. The monoisotopic (exact) mass is 476 g/mol. The maximum absolute atomic E-state index is 14.4. The number of carbonyl (C=O) groups is 2. The van der Waals surface area contributed by atoms with Crippen LogP contribution >= 0.6 is 0 Å². The largest absolute Gasteiger partial charge is 0.478 e. The Bertz CT molecular complexity index is 1140. The number of hydrogen-bond acceptors (Lipinski definition) is 3. The van der Waals surface area contributed by atoms with Crippen molar-refractivity contribution in [1.82, 2.24) is 5.32 Å². The van der Waals surface area contributed by atoms with Gasteiger partial charge in [-0.3, -0.25) is 4.79 Å². The van der Waals surface area contributed by atoms with Gasteiger partial charge in [0, 0.05) is 23.7 Å². The standard InChI is InChI=1S/C29H33FN2O3/c1-3-4-5-6-9-20(2)28(33)31-19-23-18-22(14-17-26(23)30)21-12-15-24(16-13-21)32-27-11-8-7-10-25(27)29(34)35/h7-8,10-18,20,32H,3-6,9,19H2,1-2H3,(H,31,33)(H,34,35). The van der Waals surface area contributed by atoms with Crippen LogP contribution in [-0.2, 0) is 11.3 Å². The number of nitrogens with one attached hydrogen (secondary N) is 2. The van der Waals surface area contributed by atoms with Crippen LogP contribution in [0.5, 0.6) is 0 Å². The topological polar surface area (TPSA) is 78.4 Å². The van der Waals surface area contributed by atoms with Crippen LogP contribution in [0.1, 0.15) is 61.9 Å². The zero-order chi connectivity index (χ0) is 25.2. The molecule has 6 heteroatoms. The highest BCUT2D eigenvalue weighted by Crippen LogP contribution is 2.26. The quantitative estimate of drug-likeness (QED) is 0.242. The number of benzene rings is 3. The zero-order valence-electron chi connectivity index (χ0n) is 20.3. The first-order valence-electron chi connectivity index (χ1n) is 12.1. The average molecular weight is 477 g/mol. The second-order valence-corrected chi connectivity index (χ2v) is 8.83. The predicted octanol–water partition coefficient (Wildman–Crippen LogP) is 7.16. The second kappa shape index (κ2) is 12.7. The summed E-state index contributed by atoms with van der Waals surface area (Å²) in [5.41, 5.74) is 3.60. The van der Waals surface area contributed by atoms with E-state index in [-0.39, 0.29) is 29.8 Å². The summed E-state index contributed by atoms with van der Waals surface area (Å²) in [5, 5.41) is 15.4. The number of aromatic carboxylic acids is 1. The normalized spacial score (nSPS) is 11.6. The van der Waals surface area contributed by atoms with Gasteiger partial charge in [-0.2, -0.15) is 0 Å². The maximum atomic E-state index is 14.4. The SMILES string of the molecule is CCCCCCC(C)C(=O)NCc1cc(-c2ccc(Nc3ccccc3C(=O)O)cc2)ccc1F. The number of carboxylic acid groups (broad SMARTS) is 1. The van der Waals surface area contributed by atoms with Crippen LogP contribution in [0.3, 0.4) is 0 Å². The van der Waals surface area contributed by atoms with E-state index >= 15 is 0 Å². The molecule has 3 aromatic carbocycles. The number of para-hydroxylation sites is 1. The third kappa shape index (κ3) is 7.41. The highest BCUT2D eigenvalue weighted by molar-refractivity contribution is 5.95. The minimum absolute atomic E-state index is 0.0524. The fraction of sp³-hybridized carbons (Fsp3) is 0.310. The first-order chi connectivity index (χ1) is 16.9. The van der Waals surface area contributed by atoms with E-state index in [2.05, 4.69) is 17.6 Å². The third-order valence-electron chi connectivity index (χ3n) is 6.09. The van der Waals surface area contributed by atoms with Crippen molar-refractivity contribution in [2.24, 2.45) is 5.92 Å². The van der Waals surface area contributed by atoms with Crippen molar-refractivity contribution >= 4 is 23.3 Å². The Morgan fingerprint density at radius 3 is 2.37 bits per heavy atom. The fourth-order valence-electron chi connectivity index (χ4n) is 3.93. The van der Waals surface area contributed by atoms with Crippen molar-refractivity contribution < 1.29 is 19.1 Å². The number of rotatable bonds is 12. The van der Waals surface area contributed by atoms with Crippen molar-refractivity contribution in [3.63, 3.8) is 0 Å². The summed E-state index contributed by atoms with van der Waals surface area (Å²) in [5.74, 6) is -1.50. The number of amides is 1. The molecule has 1 atom stereocenters. The van der Waals surface area contributed by atoms with Gasteiger partial charge in [-0.25, -0.2) is 9.18 Å². The summed E-state index contributed by atoms with van der Waals surface area (Å²) in [6, 6.07) is 19.1. The molecule has 3 aromatic rings. The number of anilines is 2. The second-order valence-electron chi connectivity index (χ2n) is 8.83. The van der Waals surface area contributed by atoms with Gasteiger partial charge >= 0.3 is 5.97 Å². The van der Waals surface area contributed by atoms with Gasteiger partial charge in [0.25, 0.3) is 0 Å². The molecule has 3 rings (SSSR count). The van der Waals surface area contributed by atoms with E-state index < -0.39 is 5.97 Å². The van der Waals surface area contributed by atoms with E-state index in [0.717, 1.165) is 42.5 Å². The van der Waals surface area contributed by atoms with Gasteiger partial charge in [0.05, 0.1) is 11.3 Å². The molecular formula is C29H33FN2O3. The first-order valence-corrected chi connectivity index (χ1v) is 12.1. The maximum Gasteiger partial charge on any atom is 0.337 e. The molecule has 0 fully saturated rings. The van der Waals surface area contributed by atoms with Gasteiger partial charge in [0.1, 0.15) is 5.82 Å². The molecule has 1 amide bonds. The Kier molecular flexibility index (Phi) is 9.41. The molecule has 0 aliphatic heterocycles. The van der Waals surface area contributed by atoms with Crippen LogP contribution in [0.2, 0.25) is 0 Å². The van der Waals surface area contributed by atoms with Crippen molar-refractivity contribution in [2.75, 3.05) is 5.32 Å². The molecule has 0 saturated heterocycles. The molecule has 35 heavy (non-hydrogen) atoms. The smallest absolute Gasteiger partial charge is 0.337 e. The van der Waals surface area contributed by atoms with Gasteiger partial charge in [-0.1, -0.05) is 69.9 Å². The Hall–Kier alpha value is -3.67.